The number of allylic oxidation sites excluding steroid dienone is 4. The van der Waals surface area contributed by atoms with Gasteiger partial charge in [0.05, 0.1) is 25.4 Å². The van der Waals surface area contributed by atoms with E-state index in [1.807, 2.05) is 0 Å². The Hall–Kier alpha value is -1.66. The van der Waals surface area contributed by atoms with Gasteiger partial charge in [-0.3, -0.25) is 9.59 Å². The molecule has 6 heteroatoms. The number of hydrogen-bond donors (Lipinski definition) is 3. The Bertz CT molecular complexity index is 1080. The van der Waals surface area contributed by atoms with Crippen molar-refractivity contribution in [1.82, 2.24) is 5.32 Å². The molecule has 3 N–H and O–H groups in total. The fourth-order valence-corrected chi connectivity index (χ4v) is 9.69. The Kier molecular flexibility index (Phi) is 57.5. The minimum absolute atomic E-state index is 0.000723. The first-order chi connectivity index (χ1) is 34.0. The highest BCUT2D eigenvalue weighted by Crippen LogP contribution is 2.17. The van der Waals surface area contributed by atoms with E-state index < -0.39 is 12.1 Å². The molecule has 0 aliphatic carbocycles. The minimum Gasteiger partial charge on any atom is -0.466 e. The van der Waals surface area contributed by atoms with E-state index in [9.17, 15) is 19.8 Å². The molecule has 2 atom stereocenters. The number of esters is 1. The van der Waals surface area contributed by atoms with Crippen LogP contribution in [0.3, 0.4) is 0 Å². The second-order valence-electron chi connectivity index (χ2n) is 21.4. The van der Waals surface area contributed by atoms with Gasteiger partial charge in [0.25, 0.3) is 0 Å². The molecule has 1 amide bonds. The van der Waals surface area contributed by atoms with Gasteiger partial charge in [0.15, 0.2) is 0 Å². The van der Waals surface area contributed by atoms with Crippen LogP contribution in [0.4, 0.5) is 0 Å². The van der Waals surface area contributed by atoms with Crippen molar-refractivity contribution < 1.29 is 24.5 Å². The van der Waals surface area contributed by atoms with Crippen molar-refractivity contribution in [1.29, 1.82) is 0 Å². The van der Waals surface area contributed by atoms with E-state index in [4.69, 9.17) is 4.74 Å². The number of amides is 1. The van der Waals surface area contributed by atoms with Crippen molar-refractivity contribution in [3.63, 3.8) is 0 Å². The van der Waals surface area contributed by atoms with Gasteiger partial charge in [-0.25, -0.2) is 0 Å². The lowest BCUT2D eigenvalue weighted by Crippen LogP contribution is -2.45. The number of rotatable bonds is 58. The molecule has 0 fully saturated rings. The summed E-state index contributed by atoms with van der Waals surface area (Å²) < 4.78 is 5.48. The Labute approximate surface area is 431 Å². The highest BCUT2D eigenvalue weighted by molar-refractivity contribution is 5.76. The normalized spacial score (nSPS) is 12.7. The number of ether oxygens (including phenoxy) is 1. The van der Waals surface area contributed by atoms with E-state index in [0.29, 0.717) is 25.9 Å². The molecule has 0 bridgehead atoms. The van der Waals surface area contributed by atoms with Crippen LogP contribution in [0, 0.1) is 0 Å². The molecule has 0 rings (SSSR count). The summed E-state index contributed by atoms with van der Waals surface area (Å²) in [7, 11) is 0. The van der Waals surface area contributed by atoms with Gasteiger partial charge in [-0.2, -0.15) is 0 Å². The fraction of sp³-hybridized carbons (Fsp3) is 0.905. The van der Waals surface area contributed by atoms with Crippen molar-refractivity contribution in [2.45, 2.75) is 353 Å². The summed E-state index contributed by atoms with van der Waals surface area (Å²) in [5.74, 6) is -0.0400. The van der Waals surface area contributed by atoms with E-state index >= 15 is 0 Å². The van der Waals surface area contributed by atoms with Crippen LogP contribution in [0.15, 0.2) is 24.3 Å². The predicted octanol–water partition coefficient (Wildman–Crippen LogP) is 19.4. The first kappa shape index (κ1) is 67.3. The Morgan fingerprint density at radius 3 is 1.03 bits per heavy atom. The van der Waals surface area contributed by atoms with E-state index in [2.05, 4.69) is 43.5 Å². The lowest BCUT2D eigenvalue weighted by molar-refractivity contribution is -0.143. The summed E-state index contributed by atoms with van der Waals surface area (Å²) >= 11 is 0. The third-order valence-electron chi connectivity index (χ3n) is 14.5. The van der Waals surface area contributed by atoms with Crippen LogP contribution in [0.2, 0.25) is 0 Å². The van der Waals surface area contributed by atoms with Crippen LogP contribution in [0.1, 0.15) is 341 Å². The summed E-state index contributed by atoms with van der Waals surface area (Å²) in [6, 6.07) is -0.547. The summed E-state index contributed by atoms with van der Waals surface area (Å²) in [5.41, 5.74) is 0. The molecule has 408 valence electrons. The molecule has 0 spiro atoms. The standard InChI is InChI=1S/C63H121NO5/c1-3-5-7-9-11-13-15-17-19-28-31-35-39-43-47-51-55-61(66)60(59-65)64-62(67)56-52-48-44-40-36-32-29-25-23-21-20-22-24-26-30-34-38-42-46-50-54-58-69-63(68)57-53-49-45-41-37-33-27-18-16-14-12-10-8-6-4-2/h18,21,23,27,60-61,65-66H,3-17,19-20,22,24-26,28-59H2,1-2H3,(H,64,67)/b23-21-,27-18-. The third-order valence-corrected chi connectivity index (χ3v) is 14.5. The van der Waals surface area contributed by atoms with Crippen LogP contribution in [0.25, 0.3) is 0 Å². The quantitative estimate of drug-likeness (QED) is 0.0321. The van der Waals surface area contributed by atoms with Crippen LogP contribution < -0.4 is 5.32 Å². The Morgan fingerprint density at radius 1 is 0.391 bits per heavy atom. The van der Waals surface area contributed by atoms with Gasteiger partial charge >= 0.3 is 5.97 Å². The monoisotopic (exact) mass is 972 g/mol. The van der Waals surface area contributed by atoms with Crippen molar-refractivity contribution in [3.05, 3.63) is 24.3 Å². The first-order valence-electron chi connectivity index (χ1n) is 31.1. The van der Waals surface area contributed by atoms with Gasteiger partial charge in [-0.05, 0) is 77.0 Å². The summed E-state index contributed by atoms with van der Waals surface area (Å²) in [6.45, 7) is 4.96. The van der Waals surface area contributed by atoms with Gasteiger partial charge in [-0.15, -0.1) is 0 Å². The Balaban J connectivity index is 3.42. The lowest BCUT2D eigenvalue weighted by Gasteiger charge is -2.22. The van der Waals surface area contributed by atoms with Crippen LogP contribution in [0.5, 0.6) is 0 Å². The molecular weight excluding hydrogens is 851 g/mol. The summed E-state index contributed by atoms with van der Waals surface area (Å²) in [6.07, 6.45) is 71.8. The van der Waals surface area contributed by atoms with E-state index in [1.165, 1.54) is 263 Å². The highest BCUT2D eigenvalue weighted by atomic mass is 16.5. The summed E-state index contributed by atoms with van der Waals surface area (Å²) in [4.78, 5) is 24.5. The third kappa shape index (κ3) is 55.5. The maximum Gasteiger partial charge on any atom is 0.305 e. The molecule has 0 aliphatic heterocycles. The lowest BCUT2D eigenvalue weighted by atomic mass is 10.0. The molecular formula is C63H121NO5. The molecule has 0 aromatic heterocycles. The number of hydrogen-bond acceptors (Lipinski definition) is 5. The molecule has 2 unspecified atom stereocenters. The predicted molar refractivity (Wildman–Crippen MR) is 301 cm³/mol. The zero-order chi connectivity index (χ0) is 50.0. The van der Waals surface area contributed by atoms with E-state index in [1.54, 1.807) is 0 Å². The largest absolute Gasteiger partial charge is 0.466 e. The molecule has 69 heavy (non-hydrogen) atoms. The van der Waals surface area contributed by atoms with E-state index in [0.717, 1.165) is 44.9 Å². The number of unbranched alkanes of at least 4 members (excludes halogenated alkanes) is 43. The molecule has 0 heterocycles. The molecule has 6 nitrogen and oxygen atoms in total. The van der Waals surface area contributed by atoms with Gasteiger partial charge in [0, 0.05) is 12.8 Å². The smallest absolute Gasteiger partial charge is 0.305 e. The topological polar surface area (TPSA) is 95.9 Å². The zero-order valence-electron chi connectivity index (χ0n) is 46.6. The van der Waals surface area contributed by atoms with Gasteiger partial charge in [0.1, 0.15) is 0 Å². The first-order valence-corrected chi connectivity index (χ1v) is 31.1. The average Bonchev–Trinajstić information content (AvgIpc) is 3.35. The van der Waals surface area contributed by atoms with Crippen LogP contribution >= 0.6 is 0 Å². The number of carbonyl (C=O) groups is 2. The van der Waals surface area contributed by atoms with Crippen molar-refractivity contribution >= 4 is 11.9 Å². The van der Waals surface area contributed by atoms with Crippen molar-refractivity contribution in [2.24, 2.45) is 0 Å². The second kappa shape index (κ2) is 58.9. The SMILES string of the molecule is CCCCCCCC/C=C\CCCCCCCC(=O)OCCCCCCCCCCCC/C=C\CCCCCCCCCC(=O)NC(CO)C(O)CCCCCCCCCCCCCCCCCC. The fourth-order valence-electron chi connectivity index (χ4n) is 9.69. The maximum absolute atomic E-state index is 12.5. The minimum atomic E-state index is -0.669. The number of aliphatic hydroxyl groups excluding tert-OH is 2. The zero-order valence-corrected chi connectivity index (χ0v) is 46.6. The van der Waals surface area contributed by atoms with Crippen molar-refractivity contribution in [3.8, 4) is 0 Å². The molecule has 0 aromatic carbocycles. The molecule has 0 aromatic rings. The Morgan fingerprint density at radius 2 is 0.681 bits per heavy atom. The number of aliphatic hydroxyl groups is 2. The van der Waals surface area contributed by atoms with Gasteiger partial charge in [-0.1, -0.05) is 276 Å². The molecule has 0 saturated carbocycles. The number of carbonyl (C=O) groups excluding carboxylic acids is 2. The van der Waals surface area contributed by atoms with E-state index in [-0.39, 0.29) is 18.5 Å². The molecule has 0 radical (unpaired) electrons. The molecule has 0 saturated heterocycles. The van der Waals surface area contributed by atoms with Gasteiger partial charge < -0.3 is 20.3 Å². The number of nitrogens with one attached hydrogen (secondary N) is 1. The average molecular weight is 973 g/mol. The summed E-state index contributed by atoms with van der Waals surface area (Å²) in [5, 5.41) is 23.3. The maximum atomic E-state index is 12.5. The van der Waals surface area contributed by atoms with Crippen LogP contribution in [-0.4, -0.2) is 47.4 Å². The molecule has 0 aliphatic rings. The second-order valence-corrected chi connectivity index (χ2v) is 21.4. The van der Waals surface area contributed by atoms with Crippen molar-refractivity contribution in [2.75, 3.05) is 13.2 Å². The van der Waals surface area contributed by atoms with Gasteiger partial charge in [0.2, 0.25) is 5.91 Å². The highest BCUT2D eigenvalue weighted by Gasteiger charge is 2.20. The van der Waals surface area contributed by atoms with Crippen LogP contribution in [-0.2, 0) is 14.3 Å².